The van der Waals surface area contributed by atoms with E-state index in [9.17, 15) is 0 Å². The lowest BCUT2D eigenvalue weighted by atomic mass is 9.99. The minimum absolute atomic E-state index is 0.854. The Bertz CT molecular complexity index is 253. The molecule has 0 saturated heterocycles. The van der Waals surface area contributed by atoms with Gasteiger partial charge in [-0.3, -0.25) is 0 Å². The van der Waals surface area contributed by atoms with Crippen LogP contribution in [-0.4, -0.2) is 6.54 Å². The lowest BCUT2D eigenvalue weighted by Crippen LogP contribution is -2.10. The monoisotopic (exact) mass is 175 g/mol. The Morgan fingerprint density at radius 3 is 3.08 bits per heavy atom. The highest BCUT2D eigenvalue weighted by Gasteiger charge is 2.12. The summed E-state index contributed by atoms with van der Waals surface area (Å²) in [7, 11) is 0. The molecule has 1 N–H and O–H groups in total. The van der Waals surface area contributed by atoms with E-state index in [-0.39, 0.29) is 0 Å². The molecule has 1 aliphatic rings. The zero-order valence-electron chi connectivity index (χ0n) is 8.22. The molecule has 0 saturated carbocycles. The summed E-state index contributed by atoms with van der Waals surface area (Å²) in [5, 5.41) is 3.53. The molecule has 0 aliphatic carbocycles. The topological polar surface area (TPSA) is 12.0 Å². The molecular weight excluding hydrogens is 158 g/mol. The van der Waals surface area contributed by atoms with Crippen molar-refractivity contribution in [1.29, 1.82) is 0 Å². The van der Waals surface area contributed by atoms with Gasteiger partial charge in [0, 0.05) is 12.2 Å². The number of rotatable bonds is 1. The van der Waals surface area contributed by atoms with Crippen molar-refractivity contribution in [2.24, 2.45) is 5.92 Å². The van der Waals surface area contributed by atoms with Crippen LogP contribution in [0, 0.1) is 5.92 Å². The van der Waals surface area contributed by atoms with Crippen molar-refractivity contribution in [3.63, 3.8) is 0 Å². The normalized spacial score (nSPS) is 21.5. The van der Waals surface area contributed by atoms with Crippen molar-refractivity contribution in [2.75, 3.05) is 11.9 Å². The van der Waals surface area contributed by atoms with Gasteiger partial charge in [0.25, 0.3) is 0 Å². The van der Waals surface area contributed by atoms with Gasteiger partial charge in [-0.15, -0.1) is 0 Å². The summed E-state index contributed by atoms with van der Waals surface area (Å²) in [6, 6.07) is 8.67. The van der Waals surface area contributed by atoms with Gasteiger partial charge in [-0.25, -0.2) is 0 Å². The summed E-state index contributed by atoms with van der Waals surface area (Å²) in [5.74, 6) is 0.854. The van der Waals surface area contributed by atoms with Gasteiger partial charge >= 0.3 is 0 Å². The highest BCUT2D eigenvalue weighted by Crippen LogP contribution is 2.24. The first kappa shape index (κ1) is 8.61. The van der Waals surface area contributed by atoms with E-state index in [1.807, 2.05) is 0 Å². The van der Waals surface area contributed by atoms with Crippen LogP contribution in [0.3, 0.4) is 0 Å². The van der Waals surface area contributed by atoms with E-state index >= 15 is 0 Å². The van der Waals surface area contributed by atoms with Gasteiger partial charge in [-0.05, 0) is 30.4 Å². The smallest absolute Gasteiger partial charge is 0.0372 e. The predicted molar refractivity (Wildman–Crippen MR) is 57.0 cm³/mol. The van der Waals surface area contributed by atoms with Gasteiger partial charge in [0.15, 0.2) is 0 Å². The van der Waals surface area contributed by atoms with E-state index in [2.05, 4.69) is 36.5 Å². The van der Waals surface area contributed by atoms with Gasteiger partial charge in [-0.2, -0.15) is 0 Å². The summed E-state index contributed by atoms with van der Waals surface area (Å²) in [5.41, 5.74) is 2.83. The van der Waals surface area contributed by atoms with Crippen LogP contribution in [0.15, 0.2) is 24.3 Å². The number of para-hydroxylation sites is 1. The van der Waals surface area contributed by atoms with Gasteiger partial charge in [0.1, 0.15) is 0 Å². The molecule has 0 aromatic heterocycles. The number of fused-ring (bicyclic) bond motifs is 1. The zero-order valence-corrected chi connectivity index (χ0v) is 8.22. The van der Waals surface area contributed by atoms with Crippen molar-refractivity contribution in [1.82, 2.24) is 0 Å². The van der Waals surface area contributed by atoms with Gasteiger partial charge < -0.3 is 5.32 Å². The molecule has 0 spiro atoms. The summed E-state index contributed by atoms with van der Waals surface area (Å²) < 4.78 is 0. The average Bonchev–Trinajstić information content (AvgIpc) is 2.39. The number of benzene rings is 1. The third-order valence-corrected chi connectivity index (χ3v) is 3.00. The van der Waals surface area contributed by atoms with E-state index < -0.39 is 0 Å². The fourth-order valence-corrected chi connectivity index (χ4v) is 1.98. The maximum absolute atomic E-state index is 3.53. The molecule has 70 valence electrons. The van der Waals surface area contributed by atoms with Crippen LogP contribution in [0.1, 0.15) is 25.3 Å². The Kier molecular flexibility index (Phi) is 2.53. The van der Waals surface area contributed by atoms with Gasteiger partial charge in [0.2, 0.25) is 0 Å². The van der Waals surface area contributed by atoms with Crippen molar-refractivity contribution in [3.05, 3.63) is 29.8 Å². The molecule has 0 fully saturated rings. The fourth-order valence-electron chi connectivity index (χ4n) is 1.98. The van der Waals surface area contributed by atoms with Crippen LogP contribution in [0.2, 0.25) is 0 Å². The lowest BCUT2D eigenvalue weighted by Gasteiger charge is -2.10. The first-order valence-corrected chi connectivity index (χ1v) is 5.22. The molecule has 0 radical (unpaired) electrons. The zero-order chi connectivity index (χ0) is 9.10. The lowest BCUT2D eigenvalue weighted by molar-refractivity contribution is 0.503. The van der Waals surface area contributed by atoms with Crippen LogP contribution in [0.25, 0.3) is 0 Å². The maximum atomic E-state index is 3.53. The quantitative estimate of drug-likeness (QED) is 0.691. The van der Waals surface area contributed by atoms with Crippen molar-refractivity contribution in [2.45, 2.75) is 26.2 Å². The highest BCUT2D eigenvalue weighted by atomic mass is 14.9. The molecule has 1 unspecified atom stereocenters. The molecule has 0 bridgehead atoms. The number of nitrogens with one attached hydrogen (secondary N) is 1. The third kappa shape index (κ3) is 1.85. The van der Waals surface area contributed by atoms with Gasteiger partial charge in [-0.1, -0.05) is 31.5 Å². The average molecular weight is 175 g/mol. The molecule has 1 aliphatic heterocycles. The molecular formula is C12H17N. The highest BCUT2D eigenvalue weighted by molar-refractivity contribution is 5.51. The number of anilines is 1. The van der Waals surface area contributed by atoms with E-state index in [0.29, 0.717) is 0 Å². The third-order valence-electron chi connectivity index (χ3n) is 3.00. The molecule has 0 amide bonds. The summed E-state index contributed by atoms with van der Waals surface area (Å²) >= 11 is 0. The van der Waals surface area contributed by atoms with E-state index in [0.717, 1.165) is 12.5 Å². The van der Waals surface area contributed by atoms with Crippen molar-refractivity contribution < 1.29 is 0 Å². The Morgan fingerprint density at radius 1 is 1.38 bits per heavy atom. The SMILES string of the molecule is CCC1CCc2ccccc2NC1. The Hall–Kier alpha value is -0.980. The van der Waals surface area contributed by atoms with Crippen LogP contribution in [0.5, 0.6) is 0 Å². The molecule has 1 aromatic rings. The van der Waals surface area contributed by atoms with Crippen molar-refractivity contribution >= 4 is 5.69 Å². The molecule has 1 nitrogen and oxygen atoms in total. The number of aryl methyl sites for hydroxylation is 1. The first-order valence-electron chi connectivity index (χ1n) is 5.22. The fraction of sp³-hybridized carbons (Fsp3) is 0.500. The molecule has 2 rings (SSSR count). The van der Waals surface area contributed by atoms with Gasteiger partial charge in [0.05, 0.1) is 0 Å². The van der Waals surface area contributed by atoms with E-state index in [4.69, 9.17) is 0 Å². The summed E-state index contributed by atoms with van der Waals surface area (Å²) in [6.45, 7) is 3.43. The Labute approximate surface area is 80.2 Å². The molecule has 1 heteroatoms. The van der Waals surface area contributed by atoms with E-state index in [1.54, 1.807) is 0 Å². The Morgan fingerprint density at radius 2 is 2.23 bits per heavy atom. The van der Waals surface area contributed by atoms with Crippen LogP contribution < -0.4 is 5.32 Å². The Balaban J connectivity index is 2.17. The molecule has 1 aromatic carbocycles. The molecule has 13 heavy (non-hydrogen) atoms. The second kappa shape index (κ2) is 3.82. The number of hydrogen-bond acceptors (Lipinski definition) is 1. The largest absolute Gasteiger partial charge is 0.385 e. The molecule has 1 heterocycles. The van der Waals surface area contributed by atoms with Crippen LogP contribution in [0.4, 0.5) is 5.69 Å². The van der Waals surface area contributed by atoms with Crippen LogP contribution in [-0.2, 0) is 6.42 Å². The van der Waals surface area contributed by atoms with Crippen LogP contribution >= 0.6 is 0 Å². The second-order valence-electron chi connectivity index (χ2n) is 3.85. The first-order chi connectivity index (χ1) is 6.40. The summed E-state index contributed by atoms with van der Waals surface area (Å²) in [6.07, 6.45) is 3.86. The minimum atomic E-state index is 0.854. The predicted octanol–water partition coefficient (Wildman–Crippen LogP) is 3.07. The van der Waals surface area contributed by atoms with Crippen molar-refractivity contribution in [3.8, 4) is 0 Å². The summed E-state index contributed by atoms with van der Waals surface area (Å²) in [4.78, 5) is 0. The van der Waals surface area contributed by atoms with E-state index in [1.165, 1.54) is 30.5 Å². The maximum Gasteiger partial charge on any atom is 0.0372 e. The second-order valence-corrected chi connectivity index (χ2v) is 3.85. The standard InChI is InChI=1S/C12H17N/c1-2-10-7-8-11-5-3-4-6-12(11)13-9-10/h3-6,10,13H,2,7-9H2,1H3. The number of hydrogen-bond donors (Lipinski definition) is 1. The molecule has 1 atom stereocenters. The minimum Gasteiger partial charge on any atom is -0.385 e.